The molecule has 1 aromatic rings. The summed E-state index contributed by atoms with van der Waals surface area (Å²) in [5.41, 5.74) is 6.62. The van der Waals surface area contributed by atoms with Gasteiger partial charge >= 0.3 is 0 Å². The molecule has 1 unspecified atom stereocenters. The smallest absolute Gasteiger partial charge is 0.242 e. The third kappa shape index (κ3) is 3.42. The third-order valence-electron chi connectivity index (χ3n) is 4.13. The zero-order valence-corrected chi connectivity index (χ0v) is 13.3. The average Bonchev–Trinajstić information content (AvgIpc) is 2.69. The normalized spacial score (nSPS) is 22.9. The summed E-state index contributed by atoms with van der Waals surface area (Å²) in [5.74, 6) is 0. The molecule has 20 heavy (non-hydrogen) atoms. The van der Waals surface area contributed by atoms with Crippen LogP contribution in [0.3, 0.4) is 0 Å². The predicted octanol–water partition coefficient (Wildman–Crippen LogP) is 1.73. The molecule has 1 saturated carbocycles. The number of hydrogen-bond acceptors (Lipinski definition) is 3. The fourth-order valence-electron chi connectivity index (χ4n) is 3.01. The van der Waals surface area contributed by atoms with Crippen molar-refractivity contribution in [3.05, 3.63) is 18.0 Å². The van der Waals surface area contributed by atoms with Crippen molar-refractivity contribution in [3.8, 4) is 0 Å². The second-order valence-electron chi connectivity index (χ2n) is 6.56. The summed E-state index contributed by atoms with van der Waals surface area (Å²) in [6, 6.07) is 1.68. The molecule has 0 bridgehead atoms. The van der Waals surface area contributed by atoms with Crippen molar-refractivity contribution in [2.45, 2.75) is 57.0 Å². The molecule has 0 aromatic carbocycles. The van der Waals surface area contributed by atoms with Crippen LogP contribution in [-0.4, -0.2) is 19.0 Å². The van der Waals surface area contributed by atoms with Gasteiger partial charge in [-0.1, -0.05) is 20.3 Å². The first-order valence-electron chi connectivity index (χ1n) is 7.11. The van der Waals surface area contributed by atoms with Crippen LogP contribution in [0.1, 0.15) is 45.2 Å². The van der Waals surface area contributed by atoms with Crippen LogP contribution in [0.5, 0.6) is 0 Å². The van der Waals surface area contributed by atoms with Crippen LogP contribution in [-0.2, 0) is 23.6 Å². The van der Waals surface area contributed by atoms with E-state index in [1.807, 2.05) is 7.05 Å². The van der Waals surface area contributed by atoms with E-state index in [1.54, 1.807) is 16.8 Å². The SMILES string of the molecule is Cn1cc(S(=O)(=O)NC2CCCC(C)(C)C2)cc1CN. The maximum atomic E-state index is 12.4. The molecule has 5 nitrogen and oxygen atoms in total. The molecular weight excluding hydrogens is 274 g/mol. The molecule has 1 fully saturated rings. The minimum Gasteiger partial charge on any atom is -0.352 e. The lowest BCUT2D eigenvalue weighted by Gasteiger charge is -2.35. The monoisotopic (exact) mass is 299 g/mol. The van der Waals surface area contributed by atoms with Crippen molar-refractivity contribution in [1.29, 1.82) is 0 Å². The molecule has 0 spiro atoms. The van der Waals surface area contributed by atoms with Gasteiger partial charge in [-0.25, -0.2) is 13.1 Å². The molecule has 1 heterocycles. The molecule has 1 atom stereocenters. The fourth-order valence-corrected chi connectivity index (χ4v) is 4.38. The first-order valence-corrected chi connectivity index (χ1v) is 8.59. The molecule has 6 heteroatoms. The topological polar surface area (TPSA) is 77.1 Å². The minimum absolute atomic E-state index is 0.0327. The van der Waals surface area contributed by atoms with Crippen molar-refractivity contribution < 1.29 is 8.42 Å². The maximum absolute atomic E-state index is 12.4. The van der Waals surface area contributed by atoms with Crippen molar-refractivity contribution in [1.82, 2.24) is 9.29 Å². The van der Waals surface area contributed by atoms with E-state index in [9.17, 15) is 8.42 Å². The van der Waals surface area contributed by atoms with Crippen LogP contribution in [0.2, 0.25) is 0 Å². The minimum atomic E-state index is -3.45. The van der Waals surface area contributed by atoms with Gasteiger partial charge in [0, 0.05) is 31.5 Å². The molecule has 0 amide bonds. The zero-order valence-electron chi connectivity index (χ0n) is 12.5. The van der Waals surface area contributed by atoms with Gasteiger partial charge in [-0.05, 0) is 30.7 Å². The third-order valence-corrected chi connectivity index (χ3v) is 5.62. The van der Waals surface area contributed by atoms with Crippen molar-refractivity contribution in [2.75, 3.05) is 0 Å². The second kappa shape index (κ2) is 5.50. The summed E-state index contributed by atoms with van der Waals surface area (Å²) in [7, 11) is -1.64. The number of nitrogens with one attached hydrogen (secondary N) is 1. The number of aryl methyl sites for hydroxylation is 1. The molecule has 0 saturated heterocycles. The van der Waals surface area contributed by atoms with E-state index < -0.39 is 10.0 Å². The Balaban J connectivity index is 2.14. The summed E-state index contributed by atoms with van der Waals surface area (Å²) >= 11 is 0. The van der Waals surface area contributed by atoms with E-state index in [0.717, 1.165) is 31.4 Å². The Morgan fingerprint density at radius 3 is 2.75 bits per heavy atom. The van der Waals surface area contributed by atoms with Gasteiger partial charge in [-0.15, -0.1) is 0 Å². The second-order valence-corrected chi connectivity index (χ2v) is 8.27. The first-order chi connectivity index (χ1) is 9.23. The van der Waals surface area contributed by atoms with Gasteiger partial charge in [0.1, 0.15) is 0 Å². The number of nitrogens with zero attached hydrogens (tertiary/aromatic N) is 1. The van der Waals surface area contributed by atoms with Crippen LogP contribution >= 0.6 is 0 Å². The molecule has 1 aromatic heterocycles. The molecule has 1 aliphatic rings. The highest BCUT2D eigenvalue weighted by Crippen LogP contribution is 2.35. The number of nitrogens with two attached hydrogens (primary N) is 1. The summed E-state index contributed by atoms with van der Waals surface area (Å²) in [5, 5.41) is 0. The van der Waals surface area contributed by atoms with Crippen LogP contribution < -0.4 is 10.5 Å². The van der Waals surface area contributed by atoms with E-state index in [-0.39, 0.29) is 11.5 Å². The van der Waals surface area contributed by atoms with Crippen molar-refractivity contribution >= 4 is 10.0 Å². The highest BCUT2D eigenvalue weighted by atomic mass is 32.2. The summed E-state index contributed by atoms with van der Waals surface area (Å²) in [6.07, 6.45) is 5.66. The van der Waals surface area contributed by atoms with E-state index in [1.165, 1.54) is 0 Å². The zero-order chi connectivity index (χ0) is 15.0. The molecule has 114 valence electrons. The standard InChI is InChI=1S/C14H25N3O2S/c1-14(2)6-4-5-11(8-14)16-20(18,19)13-7-12(9-15)17(3)10-13/h7,10-11,16H,4-6,8-9,15H2,1-3H3. The molecule has 0 radical (unpaired) electrons. The van der Waals surface area contributed by atoms with Gasteiger partial charge in [-0.2, -0.15) is 0 Å². The van der Waals surface area contributed by atoms with Crippen LogP contribution in [0.25, 0.3) is 0 Å². The Morgan fingerprint density at radius 1 is 1.50 bits per heavy atom. The van der Waals surface area contributed by atoms with Gasteiger partial charge in [0.25, 0.3) is 0 Å². The Bertz CT molecular complexity index is 575. The summed E-state index contributed by atoms with van der Waals surface area (Å²) in [4.78, 5) is 0.309. The number of hydrogen-bond donors (Lipinski definition) is 2. The van der Waals surface area contributed by atoms with Crippen LogP contribution in [0.15, 0.2) is 17.2 Å². The molecule has 3 N–H and O–H groups in total. The van der Waals surface area contributed by atoms with Crippen LogP contribution in [0.4, 0.5) is 0 Å². The predicted molar refractivity (Wildman–Crippen MR) is 79.7 cm³/mol. The van der Waals surface area contributed by atoms with E-state index in [4.69, 9.17) is 5.73 Å². The van der Waals surface area contributed by atoms with Crippen molar-refractivity contribution in [3.63, 3.8) is 0 Å². The van der Waals surface area contributed by atoms with Gasteiger partial charge in [0.05, 0.1) is 4.90 Å². The Kier molecular flexibility index (Phi) is 4.27. The lowest BCUT2D eigenvalue weighted by molar-refractivity contribution is 0.212. The highest BCUT2D eigenvalue weighted by Gasteiger charge is 2.31. The average molecular weight is 299 g/mol. The lowest BCUT2D eigenvalue weighted by Crippen LogP contribution is -2.40. The lowest BCUT2D eigenvalue weighted by atomic mass is 9.75. The Morgan fingerprint density at radius 2 is 2.20 bits per heavy atom. The number of sulfonamides is 1. The summed E-state index contributed by atoms with van der Waals surface area (Å²) in [6.45, 7) is 4.73. The Hall–Kier alpha value is -0.850. The van der Waals surface area contributed by atoms with E-state index in [0.29, 0.717) is 11.4 Å². The van der Waals surface area contributed by atoms with Gasteiger partial charge in [-0.3, -0.25) is 0 Å². The first kappa shape index (κ1) is 15.5. The van der Waals surface area contributed by atoms with E-state index >= 15 is 0 Å². The highest BCUT2D eigenvalue weighted by molar-refractivity contribution is 7.89. The molecule has 1 aliphatic carbocycles. The quantitative estimate of drug-likeness (QED) is 0.889. The summed E-state index contributed by atoms with van der Waals surface area (Å²) < 4.78 is 29.5. The van der Waals surface area contributed by atoms with Crippen molar-refractivity contribution in [2.24, 2.45) is 18.2 Å². The van der Waals surface area contributed by atoms with E-state index in [2.05, 4.69) is 18.6 Å². The Labute approximate surface area is 121 Å². The molecule has 2 rings (SSSR count). The fraction of sp³-hybridized carbons (Fsp3) is 0.714. The number of aromatic nitrogens is 1. The molecular formula is C14H25N3O2S. The largest absolute Gasteiger partial charge is 0.352 e. The van der Waals surface area contributed by atoms with Crippen LogP contribution in [0, 0.1) is 5.41 Å². The van der Waals surface area contributed by atoms with Gasteiger partial charge < -0.3 is 10.3 Å². The number of rotatable bonds is 4. The van der Waals surface area contributed by atoms with Gasteiger partial charge in [0.2, 0.25) is 10.0 Å². The maximum Gasteiger partial charge on any atom is 0.242 e. The van der Waals surface area contributed by atoms with Gasteiger partial charge in [0.15, 0.2) is 0 Å². The molecule has 0 aliphatic heterocycles.